The van der Waals surface area contributed by atoms with Crippen LogP contribution in [0.2, 0.25) is 0 Å². The van der Waals surface area contributed by atoms with Crippen molar-refractivity contribution in [3.8, 4) is 0 Å². The topological polar surface area (TPSA) is 24.5 Å². The van der Waals surface area contributed by atoms with E-state index in [0.29, 0.717) is 11.6 Å². The summed E-state index contributed by atoms with van der Waals surface area (Å²) >= 11 is 0. The van der Waals surface area contributed by atoms with Crippen LogP contribution < -0.4 is 5.32 Å². The molecule has 0 aromatic carbocycles. The van der Waals surface area contributed by atoms with Crippen molar-refractivity contribution in [2.45, 2.75) is 57.5 Å². The van der Waals surface area contributed by atoms with E-state index >= 15 is 0 Å². The molecule has 2 aliphatic rings. The van der Waals surface area contributed by atoms with Crippen molar-refractivity contribution in [3.63, 3.8) is 0 Å². The lowest BCUT2D eigenvalue weighted by atomic mass is 9.91. The molecule has 0 aromatic heterocycles. The molecule has 3 heteroatoms. The van der Waals surface area contributed by atoms with Crippen LogP contribution >= 0.6 is 0 Å². The average Bonchev–Trinajstić information content (AvgIpc) is 2.79. The average molecular weight is 240 g/mol. The first-order chi connectivity index (χ1) is 8.27. The molecule has 0 amide bonds. The molecule has 1 aliphatic carbocycles. The Balaban J connectivity index is 1.85. The van der Waals surface area contributed by atoms with Crippen LogP contribution in [0.5, 0.6) is 0 Å². The fourth-order valence-corrected chi connectivity index (χ4v) is 3.42. The number of hydrogen-bond donors (Lipinski definition) is 1. The van der Waals surface area contributed by atoms with Crippen molar-refractivity contribution < 1.29 is 4.74 Å². The first-order valence-electron chi connectivity index (χ1n) is 7.33. The first-order valence-corrected chi connectivity index (χ1v) is 7.33. The summed E-state index contributed by atoms with van der Waals surface area (Å²) in [6.07, 6.45) is 6.79. The van der Waals surface area contributed by atoms with Gasteiger partial charge in [0.05, 0.1) is 0 Å². The Kier molecular flexibility index (Phi) is 4.83. The molecular weight excluding hydrogens is 212 g/mol. The summed E-state index contributed by atoms with van der Waals surface area (Å²) in [5.41, 5.74) is 0.485. The summed E-state index contributed by atoms with van der Waals surface area (Å²) in [6.45, 7) is 9.78. The van der Waals surface area contributed by atoms with Crippen LogP contribution in [0.4, 0.5) is 0 Å². The molecule has 2 rings (SSSR count). The number of rotatable bonds is 5. The van der Waals surface area contributed by atoms with Gasteiger partial charge in [0.2, 0.25) is 0 Å². The Bertz CT molecular complexity index is 226. The lowest BCUT2D eigenvalue weighted by molar-refractivity contribution is 0.0357. The molecule has 1 N–H and O–H groups in total. The first kappa shape index (κ1) is 13.3. The van der Waals surface area contributed by atoms with Crippen molar-refractivity contribution in [1.29, 1.82) is 0 Å². The van der Waals surface area contributed by atoms with Gasteiger partial charge in [-0.25, -0.2) is 0 Å². The smallest absolute Gasteiger partial charge is 0.0478 e. The van der Waals surface area contributed by atoms with Gasteiger partial charge < -0.3 is 10.1 Å². The second kappa shape index (κ2) is 6.17. The molecule has 0 bridgehead atoms. The van der Waals surface area contributed by atoms with Gasteiger partial charge in [-0.05, 0) is 33.1 Å². The zero-order valence-electron chi connectivity index (χ0n) is 11.5. The lowest BCUT2D eigenvalue weighted by Crippen LogP contribution is -2.63. The van der Waals surface area contributed by atoms with E-state index in [-0.39, 0.29) is 0 Å². The number of ether oxygens (including phenoxy) is 1. The predicted molar refractivity (Wildman–Crippen MR) is 71.3 cm³/mol. The van der Waals surface area contributed by atoms with Crippen molar-refractivity contribution >= 4 is 0 Å². The zero-order valence-corrected chi connectivity index (χ0v) is 11.5. The monoisotopic (exact) mass is 240 g/mol. The molecule has 1 spiro atoms. The molecule has 1 saturated carbocycles. The number of hydrogen-bond acceptors (Lipinski definition) is 3. The van der Waals surface area contributed by atoms with Gasteiger partial charge in [0.15, 0.2) is 0 Å². The number of piperazine rings is 1. The Hall–Kier alpha value is -0.120. The molecular formula is C14H28N2O. The highest BCUT2D eigenvalue weighted by Crippen LogP contribution is 2.36. The normalized spacial score (nSPS) is 28.9. The molecule has 3 nitrogen and oxygen atoms in total. The molecule has 1 heterocycles. The summed E-state index contributed by atoms with van der Waals surface area (Å²) < 4.78 is 5.46. The highest BCUT2D eigenvalue weighted by molar-refractivity contribution is 5.00. The predicted octanol–water partition coefficient (Wildman–Crippen LogP) is 2.02. The third-order valence-electron chi connectivity index (χ3n) is 4.40. The highest BCUT2D eigenvalue weighted by Gasteiger charge is 2.42. The minimum atomic E-state index is 0.485. The second-order valence-corrected chi connectivity index (χ2v) is 5.71. The maximum Gasteiger partial charge on any atom is 0.0478 e. The van der Waals surface area contributed by atoms with E-state index in [2.05, 4.69) is 24.1 Å². The summed E-state index contributed by atoms with van der Waals surface area (Å²) in [6, 6.07) is 0.647. The van der Waals surface area contributed by atoms with Crippen LogP contribution in [0.25, 0.3) is 0 Å². The van der Waals surface area contributed by atoms with Crippen molar-refractivity contribution in [2.75, 3.05) is 32.8 Å². The molecule has 1 aliphatic heterocycles. The van der Waals surface area contributed by atoms with E-state index in [4.69, 9.17) is 4.74 Å². The van der Waals surface area contributed by atoms with Crippen LogP contribution in [-0.2, 0) is 4.74 Å². The van der Waals surface area contributed by atoms with Gasteiger partial charge in [0, 0.05) is 44.4 Å². The largest absolute Gasteiger partial charge is 0.382 e. The molecule has 100 valence electrons. The Morgan fingerprint density at radius 2 is 2.12 bits per heavy atom. The van der Waals surface area contributed by atoms with E-state index < -0.39 is 0 Å². The van der Waals surface area contributed by atoms with Crippen LogP contribution in [0.15, 0.2) is 0 Å². The second-order valence-electron chi connectivity index (χ2n) is 5.71. The molecule has 17 heavy (non-hydrogen) atoms. The van der Waals surface area contributed by atoms with E-state index in [1.54, 1.807) is 0 Å². The zero-order chi connectivity index (χ0) is 12.1. The van der Waals surface area contributed by atoms with Crippen LogP contribution in [-0.4, -0.2) is 49.3 Å². The molecule has 2 fully saturated rings. The minimum Gasteiger partial charge on any atom is -0.382 e. The van der Waals surface area contributed by atoms with Crippen LogP contribution in [0, 0.1) is 0 Å². The van der Waals surface area contributed by atoms with Gasteiger partial charge >= 0.3 is 0 Å². The Morgan fingerprint density at radius 3 is 2.82 bits per heavy atom. The van der Waals surface area contributed by atoms with Gasteiger partial charge in [0.25, 0.3) is 0 Å². The third kappa shape index (κ3) is 3.21. The fraction of sp³-hybridized carbons (Fsp3) is 1.00. The lowest BCUT2D eigenvalue weighted by Gasteiger charge is -2.48. The third-order valence-corrected chi connectivity index (χ3v) is 4.40. The SMILES string of the molecule is CCOCCCN1CC(C)NCC12CCCC2. The van der Waals surface area contributed by atoms with Crippen molar-refractivity contribution in [1.82, 2.24) is 10.2 Å². The highest BCUT2D eigenvalue weighted by atomic mass is 16.5. The maximum atomic E-state index is 5.46. The van der Waals surface area contributed by atoms with Gasteiger partial charge in [-0.3, -0.25) is 4.90 Å². The molecule has 1 unspecified atom stereocenters. The number of nitrogens with one attached hydrogen (secondary N) is 1. The van der Waals surface area contributed by atoms with Gasteiger partial charge in [-0.2, -0.15) is 0 Å². The fourth-order valence-electron chi connectivity index (χ4n) is 3.42. The maximum absolute atomic E-state index is 5.46. The molecule has 0 radical (unpaired) electrons. The molecule has 1 atom stereocenters. The summed E-state index contributed by atoms with van der Waals surface area (Å²) in [7, 11) is 0. The summed E-state index contributed by atoms with van der Waals surface area (Å²) in [5.74, 6) is 0. The van der Waals surface area contributed by atoms with Crippen LogP contribution in [0.3, 0.4) is 0 Å². The van der Waals surface area contributed by atoms with Gasteiger partial charge in [0.1, 0.15) is 0 Å². The van der Waals surface area contributed by atoms with E-state index in [9.17, 15) is 0 Å². The Morgan fingerprint density at radius 1 is 1.35 bits per heavy atom. The van der Waals surface area contributed by atoms with Gasteiger partial charge in [-0.1, -0.05) is 12.8 Å². The Labute approximate surface area is 106 Å². The summed E-state index contributed by atoms with van der Waals surface area (Å²) in [5, 5.41) is 3.67. The van der Waals surface area contributed by atoms with E-state index in [1.807, 2.05) is 0 Å². The molecule has 1 saturated heterocycles. The minimum absolute atomic E-state index is 0.485. The van der Waals surface area contributed by atoms with Crippen LogP contribution in [0.1, 0.15) is 46.0 Å². The summed E-state index contributed by atoms with van der Waals surface area (Å²) in [4.78, 5) is 2.75. The van der Waals surface area contributed by atoms with E-state index in [1.165, 1.54) is 51.7 Å². The number of nitrogens with zero attached hydrogens (tertiary/aromatic N) is 1. The van der Waals surface area contributed by atoms with Crippen molar-refractivity contribution in [2.24, 2.45) is 0 Å². The quantitative estimate of drug-likeness (QED) is 0.744. The standard InChI is InChI=1S/C14H28N2O/c1-3-17-10-6-9-16-11-13(2)15-12-14(16)7-4-5-8-14/h13,15H,3-12H2,1-2H3. The van der Waals surface area contributed by atoms with Gasteiger partial charge in [-0.15, -0.1) is 0 Å². The van der Waals surface area contributed by atoms with Crippen molar-refractivity contribution in [3.05, 3.63) is 0 Å². The van der Waals surface area contributed by atoms with E-state index in [0.717, 1.165) is 13.2 Å². The molecule has 0 aromatic rings.